The van der Waals surface area contributed by atoms with Crippen LogP contribution in [0, 0.1) is 0 Å². The topological polar surface area (TPSA) is 15.3 Å². The van der Waals surface area contributed by atoms with E-state index in [1.165, 1.54) is 5.56 Å². The number of nitrogens with zero attached hydrogens (tertiary/aromatic N) is 1. The van der Waals surface area contributed by atoms with E-state index >= 15 is 0 Å². The Morgan fingerprint density at radius 1 is 1.31 bits per heavy atom. The Hall–Kier alpha value is -0.570. The molecule has 2 nitrogen and oxygen atoms in total. The number of rotatable bonds is 2. The van der Waals surface area contributed by atoms with Gasteiger partial charge in [-0.3, -0.25) is 4.90 Å². The van der Waals surface area contributed by atoms with Crippen LogP contribution in [0.4, 0.5) is 0 Å². The molecule has 0 aromatic heterocycles. The Labute approximate surface area is 103 Å². The molecule has 1 aliphatic heterocycles. The fraction of sp³-hybridized carbons (Fsp3) is 0.538. The second kappa shape index (κ2) is 4.74. The maximum absolute atomic E-state index is 5.89. The van der Waals surface area contributed by atoms with Crippen LogP contribution in [-0.2, 0) is 6.54 Å². The minimum absolute atomic E-state index is 0.234. The van der Waals surface area contributed by atoms with Crippen molar-refractivity contribution in [3.05, 3.63) is 34.9 Å². The summed E-state index contributed by atoms with van der Waals surface area (Å²) in [6, 6.07) is 8.15. The molecule has 2 rings (SSSR count). The van der Waals surface area contributed by atoms with Gasteiger partial charge in [0.05, 0.1) is 0 Å². The lowest BCUT2D eigenvalue weighted by atomic mass is 9.99. The van der Waals surface area contributed by atoms with E-state index in [4.69, 9.17) is 11.6 Å². The predicted octanol–water partition coefficient (Wildman–Crippen LogP) is 2.52. The molecule has 0 aliphatic carbocycles. The Balaban J connectivity index is 2.05. The number of piperazine rings is 1. The first-order valence-electron chi connectivity index (χ1n) is 5.78. The molecule has 1 aliphatic rings. The molecule has 16 heavy (non-hydrogen) atoms. The van der Waals surface area contributed by atoms with Crippen molar-refractivity contribution in [2.75, 3.05) is 19.6 Å². The van der Waals surface area contributed by atoms with E-state index in [2.05, 4.69) is 36.2 Å². The number of benzene rings is 1. The monoisotopic (exact) mass is 238 g/mol. The van der Waals surface area contributed by atoms with Crippen LogP contribution in [0.2, 0.25) is 5.02 Å². The smallest absolute Gasteiger partial charge is 0.0406 e. The van der Waals surface area contributed by atoms with Gasteiger partial charge in [-0.15, -0.1) is 0 Å². The maximum Gasteiger partial charge on any atom is 0.0406 e. The van der Waals surface area contributed by atoms with E-state index < -0.39 is 0 Å². The minimum Gasteiger partial charge on any atom is -0.314 e. The molecule has 88 valence electrons. The number of halogens is 1. The van der Waals surface area contributed by atoms with Crippen molar-refractivity contribution in [2.24, 2.45) is 0 Å². The van der Waals surface area contributed by atoms with E-state index in [-0.39, 0.29) is 5.54 Å². The van der Waals surface area contributed by atoms with Gasteiger partial charge in [-0.25, -0.2) is 0 Å². The molecule has 0 saturated carbocycles. The standard InChI is InChI=1S/C13H19ClN2/c1-13(2)10-15-7-8-16(13)9-11-3-5-12(14)6-4-11/h3-6,15H,7-10H2,1-2H3. The third kappa shape index (κ3) is 2.76. The van der Waals surface area contributed by atoms with Gasteiger partial charge >= 0.3 is 0 Å². The van der Waals surface area contributed by atoms with Crippen molar-refractivity contribution in [1.82, 2.24) is 10.2 Å². The summed E-state index contributed by atoms with van der Waals surface area (Å²) in [4.78, 5) is 2.52. The first-order chi connectivity index (χ1) is 7.58. The second-order valence-electron chi connectivity index (χ2n) is 5.04. The molecule has 0 bridgehead atoms. The van der Waals surface area contributed by atoms with E-state index in [1.54, 1.807) is 0 Å². The Kier molecular flexibility index (Phi) is 3.53. The number of hydrogen-bond acceptors (Lipinski definition) is 2. The molecule has 0 amide bonds. The molecular formula is C13H19ClN2. The first kappa shape index (κ1) is 11.9. The summed E-state index contributed by atoms with van der Waals surface area (Å²) < 4.78 is 0. The van der Waals surface area contributed by atoms with Gasteiger partial charge in [0.15, 0.2) is 0 Å². The van der Waals surface area contributed by atoms with Gasteiger partial charge < -0.3 is 5.32 Å². The molecule has 0 unspecified atom stereocenters. The van der Waals surface area contributed by atoms with Gasteiger partial charge in [0.2, 0.25) is 0 Å². The fourth-order valence-electron chi connectivity index (χ4n) is 2.13. The average molecular weight is 239 g/mol. The lowest BCUT2D eigenvalue weighted by molar-refractivity contribution is 0.0827. The van der Waals surface area contributed by atoms with Crippen LogP contribution in [0.3, 0.4) is 0 Å². The Morgan fingerprint density at radius 2 is 2.00 bits per heavy atom. The summed E-state index contributed by atoms with van der Waals surface area (Å²) in [6.07, 6.45) is 0. The molecule has 1 aromatic rings. The van der Waals surface area contributed by atoms with Crippen molar-refractivity contribution in [1.29, 1.82) is 0 Å². The van der Waals surface area contributed by atoms with Crippen LogP contribution in [0.25, 0.3) is 0 Å². The lowest BCUT2D eigenvalue weighted by Crippen LogP contribution is -2.57. The number of nitrogens with one attached hydrogen (secondary N) is 1. The highest BCUT2D eigenvalue weighted by Crippen LogP contribution is 2.20. The second-order valence-corrected chi connectivity index (χ2v) is 5.47. The highest BCUT2D eigenvalue weighted by Gasteiger charge is 2.29. The normalized spacial score (nSPS) is 20.9. The van der Waals surface area contributed by atoms with E-state index in [0.717, 1.165) is 31.2 Å². The van der Waals surface area contributed by atoms with E-state index in [1.807, 2.05) is 12.1 Å². The van der Waals surface area contributed by atoms with Crippen molar-refractivity contribution < 1.29 is 0 Å². The molecule has 0 atom stereocenters. The van der Waals surface area contributed by atoms with Crippen LogP contribution in [0.1, 0.15) is 19.4 Å². The summed E-state index contributed by atoms with van der Waals surface area (Å²) in [6.45, 7) is 8.82. The largest absolute Gasteiger partial charge is 0.314 e. The van der Waals surface area contributed by atoms with Gasteiger partial charge in [0.25, 0.3) is 0 Å². The molecule has 0 spiro atoms. The SMILES string of the molecule is CC1(C)CNCCN1Cc1ccc(Cl)cc1. The molecule has 1 fully saturated rings. The molecule has 3 heteroatoms. The van der Waals surface area contributed by atoms with E-state index in [0.29, 0.717) is 0 Å². The van der Waals surface area contributed by atoms with Crippen LogP contribution in [0.5, 0.6) is 0 Å². The zero-order chi connectivity index (χ0) is 11.6. The molecule has 1 saturated heterocycles. The van der Waals surface area contributed by atoms with Crippen LogP contribution in [0.15, 0.2) is 24.3 Å². The number of hydrogen-bond donors (Lipinski definition) is 1. The predicted molar refractivity (Wildman–Crippen MR) is 68.8 cm³/mol. The minimum atomic E-state index is 0.234. The molecule has 0 radical (unpaired) electrons. The third-order valence-corrected chi connectivity index (χ3v) is 3.51. The third-order valence-electron chi connectivity index (χ3n) is 3.26. The van der Waals surface area contributed by atoms with Crippen LogP contribution in [-0.4, -0.2) is 30.1 Å². The first-order valence-corrected chi connectivity index (χ1v) is 6.16. The van der Waals surface area contributed by atoms with Gasteiger partial charge in [-0.05, 0) is 31.5 Å². The summed E-state index contributed by atoms with van der Waals surface area (Å²) in [5.74, 6) is 0. The summed E-state index contributed by atoms with van der Waals surface area (Å²) in [7, 11) is 0. The van der Waals surface area contributed by atoms with Crippen LogP contribution < -0.4 is 5.32 Å². The van der Waals surface area contributed by atoms with Gasteiger partial charge in [-0.2, -0.15) is 0 Å². The van der Waals surface area contributed by atoms with Crippen molar-refractivity contribution >= 4 is 11.6 Å². The quantitative estimate of drug-likeness (QED) is 0.852. The maximum atomic E-state index is 5.89. The lowest BCUT2D eigenvalue weighted by Gasteiger charge is -2.42. The summed E-state index contributed by atoms with van der Waals surface area (Å²) in [5, 5.41) is 4.25. The van der Waals surface area contributed by atoms with Crippen molar-refractivity contribution in [3.63, 3.8) is 0 Å². The Bertz CT molecular complexity index is 345. The highest BCUT2D eigenvalue weighted by molar-refractivity contribution is 6.30. The van der Waals surface area contributed by atoms with Crippen molar-refractivity contribution in [2.45, 2.75) is 25.9 Å². The summed E-state index contributed by atoms with van der Waals surface area (Å²) in [5.41, 5.74) is 1.57. The molecular weight excluding hydrogens is 220 g/mol. The Morgan fingerprint density at radius 3 is 2.62 bits per heavy atom. The average Bonchev–Trinajstić information content (AvgIpc) is 2.24. The van der Waals surface area contributed by atoms with Crippen molar-refractivity contribution in [3.8, 4) is 0 Å². The zero-order valence-corrected chi connectivity index (χ0v) is 10.7. The van der Waals surface area contributed by atoms with Gasteiger partial charge in [0.1, 0.15) is 0 Å². The van der Waals surface area contributed by atoms with E-state index in [9.17, 15) is 0 Å². The fourth-order valence-corrected chi connectivity index (χ4v) is 2.25. The zero-order valence-electron chi connectivity index (χ0n) is 9.96. The van der Waals surface area contributed by atoms with Gasteiger partial charge in [0, 0.05) is 36.7 Å². The summed E-state index contributed by atoms with van der Waals surface area (Å²) >= 11 is 5.89. The molecule has 1 heterocycles. The van der Waals surface area contributed by atoms with Crippen LogP contribution >= 0.6 is 11.6 Å². The van der Waals surface area contributed by atoms with Gasteiger partial charge in [-0.1, -0.05) is 23.7 Å². The highest BCUT2D eigenvalue weighted by atomic mass is 35.5. The molecule has 1 N–H and O–H groups in total. The molecule has 1 aromatic carbocycles.